The maximum atomic E-state index is 15.4. The molecule has 5 rings (SSSR count). The van der Waals surface area contributed by atoms with Crippen molar-refractivity contribution in [3.63, 3.8) is 0 Å². The zero-order chi connectivity index (χ0) is 33.0. The Labute approximate surface area is 268 Å². The summed E-state index contributed by atoms with van der Waals surface area (Å²) >= 11 is 6.87. The molecule has 1 saturated heterocycles. The van der Waals surface area contributed by atoms with Gasteiger partial charge in [0.15, 0.2) is 5.65 Å². The number of amides is 1. The number of carbonyl (C=O) groups excluding carboxylic acids is 1. The first-order valence-electron chi connectivity index (χ1n) is 15.2. The summed E-state index contributed by atoms with van der Waals surface area (Å²) in [5.41, 5.74) is 2.14. The largest absolute Gasteiger partial charge is 0.444 e. The highest BCUT2D eigenvalue weighted by atomic mass is 35.5. The first-order chi connectivity index (χ1) is 21.1. The smallest absolute Gasteiger partial charge is 0.410 e. The molecule has 2 atom stereocenters. The number of hydrogen-bond donors (Lipinski definition) is 0. The van der Waals surface area contributed by atoms with Crippen molar-refractivity contribution in [2.45, 2.75) is 85.9 Å². The number of rotatable bonds is 4. The van der Waals surface area contributed by atoms with E-state index in [1.807, 2.05) is 66.4 Å². The molecule has 0 aliphatic carbocycles. The molecule has 0 bridgehead atoms. The van der Waals surface area contributed by atoms with E-state index in [0.717, 1.165) is 5.56 Å². The van der Waals surface area contributed by atoms with Crippen molar-refractivity contribution < 1.29 is 13.9 Å². The summed E-state index contributed by atoms with van der Waals surface area (Å²) in [4.78, 5) is 45.0. The molecule has 45 heavy (non-hydrogen) atoms. The quantitative estimate of drug-likeness (QED) is 0.234. The Morgan fingerprint density at radius 2 is 1.78 bits per heavy atom. The molecular weight excluding hydrogens is 595 g/mol. The number of anilines is 1. The number of nitrogens with zero attached hydrogens (tertiary/aromatic N) is 6. The van der Waals surface area contributed by atoms with Gasteiger partial charge in [0.05, 0.1) is 27.5 Å². The van der Waals surface area contributed by atoms with Gasteiger partial charge in [0.2, 0.25) is 0 Å². The fraction of sp³-hybridized carbons (Fsp3) is 0.441. The third-order valence-electron chi connectivity index (χ3n) is 8.06. The molecule has 1 aliphatic heterocycles. The number of fused-ring (bicyclic) bond motifs is 1. The Hall–Kier alpha value is -4.05. The summed E-state index contributed by atoms with van der Waals surface area (Å²) < 4.78 is 22.6. The molecule has 1 fully saturated rings. The number of aromatic nitrogens is 4. The van der Waals surface area contributed by atoms with Crippen LogP contribution in [0.25, 0.3) is 28.0 Å². The molecule has 11 heteroatoms. The number of halogens is 2. The molecule has 3 aromatic heterocycles. The lowest BCUT2D eigenvalue weighted by atomic mass is 10.0. The van der Waals surface area contributed by atoms with Crippen LogP contribution in [0.1, 0.15) is 71.2 Å². The normalized spacial score (nSPS) is 17.3. The van der Waals surface area contributed by atoms with Gasteiger partial charge in [0, 0.05) is 36.9 Å². The molecule has 9 nitrogen and oxygen atoms in total. The summed E-state index contributed by atoms with van der Waals surface area (Å²) in [6.07, 6.45) is 1.33. The lowest BCUT2D eigenvalue weighted by molar-refractivity contribution is 0.0130. The Morgan fingerprint density at radius 3 is 2.44 bits per heavy atom. The summed E-state index contributed by atoms with van der Waals surface area (Å²) in [5, 5.41) is 0.750. The van der Waals surface area contributed by atoms with Crippen LogP contribution in [0.2, 0.25) is 5.02 Å². The first-order valence-corrected chi connectivity index (χ1v) is 15.6. The van der Waals surface area contributed by atoms with Gasteiger partial charge < -0.3 is 14.5 Å². The zero-order valence-electron chi connectivity index (χ0n) is 27.3. The van der Waals surface area contributed by atoms with Crippen LogP contribution in [-0.2, 0) is 4.74 Å². The zero-order valence-corrected chi connectivity index (χ0v) is 28.0. The van der Waals surface area contributed by atoms with Crippen molar-refractivity contribution in [3.05, 3.63) is 74.7 Å². The van der Waals surface area contributed by atoms with E-state index in [1.54, 1.807) is 42.3 Å². The maximum Gasteiger partial charge on any atom is 0.410 e. The van der Waals surface area contributed by atoms with Crippen LogP contribution >= 0.6 is 11.6 Å². The minimum Gasteiger partial charge on any atom is -0.444 e. The second kappa shape index (κ2) is 12.0. The van der Waals surface area contributed by atoms with Crippen LogP contribution in [0.5, 0.6) is 0 Å². The molecule has 4 heterocycles. The second-order valence-electron chi connectivity index (χ2n) is 13.2. The van der Waals surface area contributed by atoms with E-state index < -0.39 is 23.2 Å². The topological polar surface area (TPSA) is 93.5 Å². The highest BCUT2D eigenvalue weighted by Crippen LogP contribution is 2.37. The maximum absolute atomic E-state index is 15.4. The number of piperazine rings is 1. The van der Waals surface area contributed by atoms with E-state index >= 15 is 4.39 Å². The van der Waals surface area contributed by atoms with Gasteiger partial charge >= 0.3 is 11.8 Å². The molecule has 0 radical (unpaired) electrons. The van der Waals surface area contributed by atoms with E-state index in [0.29, 0.717) is 41.2 Å². The minimum atomic E-state index is -0.629. The predicted octanol–water partition coefficient (Wildman–Crippen LogP) is 7.21. The van der Waals surface area contributed by atoms with Crippen molar-refractivity contribution in [1.82, 2.24) is 24.4 Å². The summed E-state index contributed by atoms with van der Waals surface area (Å²) in [6, 6.07) is 8.13. The number of pyridine rings is 2. The second-order valence-corrected chi connectivity index (χ2v) is 13.6. The Morgan fingerprint density at radius 1 is 1.07 bits per heavy atom. The van der Waals surface area contributed by atoms with Crippen molar-refractivity contribution in [2.75, 3.05) is 18.0 Å². The van der Waals surface area contributed by atoms with Gasteiger partial charge in [-0.1, -0.05) is 37.6 Å². The fourth-order valence-electron chi connectivity index (χ4n) is 5.83. The Bertz CT molecular complexity index is 1850. The third kappa shape index (κ3) is 6.12. The minimum absolute atomic E-state index is 0.00989. The van der Waals surface area contributed by atoms with E-state index in [1.165, 1.54) is 4.57 Å². The van der Waals surface area contributed by atoms with E-state index in [-0.39, 0.29) is 39.9 Å². The summed E-state index contributed by atoms with van der Waals surface area (Å²) in [7, 11) is 0. The van der Waals surface area contributed by atoms with Crippen LogP contribution in [0, 0.1) is 19.7 Å². The van der Waals surface area contributed by atoms with E-state index in [2.05, 4.69) is 9.97 Å². The van der Waals surface area contributed by atoms with Gasteiger partial charge in [0.1, 0.15) is 17.2 Å². The van der Waals surface area contributed by atoms with Gasteiger partial charge in [-0.15, -0.1) is 0 Å². The number of benzene rings is 1. The van der Waals surface area contributed by atoms with Gasteiger partial charge in [-0.3, -0.25) is 4.98 Å². The Balaban J connectivity index is 1.76. The molecule has 1 aromatic carbocycles. The molecule has 4 aromatic rings. The summed E-state index contributed by atoms with van der Waals surface area (Å²) in [5.74, 6) is -0.0485. The lowest BCUT2D eigenvalue weighted by Gasteiger charge is -2.44. The van der Waals surface area contributed by atoms with Crippen molar-refractivity contribution in [2.24, 2.45) is 0 Å². The van der Waals surface area contributed by atoms with Crippen molar-refractivity contribution in [1.29, 1.82) is 0 Å². The highest BCUT2D eigenvalue weighted by Gasteiger charge is 2.36. The van der Waals surface area contributed by atoms with Crippen LogP contribution < -0.4 is 10.6 Å². The third-order valence-corrected chi connectivity index (χ3v) is 8.35. The van der Waals surface area contributed by atoms with Gasteiger partial charge in [-0.25, -0.2) is 23.5 Å². The van der Waals surface area contributed by atoms with Crippen LogP contribution in [0.4, 0.5) is 15.0 Å². The molecule has 0 spiro atoms. The number of hydrogen-bond acceptors (Lipinski definition) is 7. The standard InChI is InChI=1S/C34H40ClFN6O3/c1-18(2)27-29(20(4)13-14-37-27)42-31-24(15-25(35)28(38-31)23-12-10-11-19(3)26(23)36)30(39-32(42)43)40-16-22(6)41(17-21(40)5)33(44)45-34(7,8)9/h10-15,18,21-22H,16-17H2,1-9H3/t21-,22+/m0/s1. The molecule has 0 unspecified atom stereocenters. The van der Waals surface area contributed by atoms with Gasteiger partial charge in [0.25, 0.3) is 0 Å². The van der Waals surface area contributed by atoms with Gasteiger partial charge in [-0.2, -0.15) is 4.98 Å². The molecule has 1 aliphatic rings. The average molecular weight is 635 g/mol. The summed E-state index contributed by atoms with van der Waals surface area (Å²) in [6.45, 7) is 17.8. The van der Waals surface area contributed by atoms with Crippen molar-refractivity contribution >= 4 is 34.5 Å². The number of aryl methyl sites for hydroxylation is 2. The van der Waals surface area contributed by atoms with Crippen LogP contribution in [-0.4, -0.2) is 61.3 Å². The predicted molar refractivity (Wildman–Crippen MR) is 176 cm³/mol. The Kier molecular flexibility index (Phi) is 8.65. The fourth-order valence-corrected chi connectivity index (χ4v) is 6.08. The molecule has 1 amide bonds. The lowest BCUT2D eigenvalue weighted by Crippen LogP contribution is -2.59. The average Bonchev–Trinajstić information content (AvgIpc) is 2.94. The number of carbonyl (C=O) groups is 1. The molecule has 0 saturated carbocycles. The molecule has 238 valence electrons. The van der Waals surface area contributed by atoms with Gasteiger partial charge in [-0.05, 0) is 83.7 Å². The first kappa shape index (κ1) is 32.3. The number of ether oxygens (including phenoxy) is 1. The monoisotopic (exact) mass is 634 g/mol. The van der Waals surface area contributed by atoms with Crippen LogP contribution in [0.3, 0.4) is 0 Å². The SMILES string of the molecule is Cc1cccc(-c2nc3c(cc2Cl)c(N2C[C@@H](C)N(C(=O)OC(C)(C)C)C[C@@H]2C)nc(=O)n3-c2c(C)ccnc2C(C)C)c1F. The van der Waals surface area contributed by atoms with E-state index in [4.69, 9.17) is 21.3 Å². The highest BCUT2D eigenvalue weighted by molar-refractivity contribution is 6.33. The van der Waals surface area contributed by atoms with Crippen LogP contribution in [0.15, 0.2) is 41.3 Å². The van der Waals surface area contributed by atoms with Crippen molar-refractivity contribution in [3.8, 4) is 16.9 Å². The molecular formula is C34H40ClFN6O3. The van der Waals surface area contributed by atoms with E-state index in [9.17, 15) is 9.59 Å². The molecule has 0 N–H and O–H groups in total.